The van der Waals surface area contributed by atoms with E-state index in [0.717, 1.165) is 6.26 Å². The number of hydrogen-bond donors (Lipinski definition) is 4. The summed E-state index contributed by atoms with van der Waals surface area (Å²) in [5, 5.41) is 17.5. The maximum atomic E-state index is 12.6. The third kappa shape index (κ3) is 5.69. The Bertz CT molecular complexity index is 1360. The summed E-state index contributed by atoms with van der Waals surface area (Å²) in [6.07, 6.45) is 6.12. The number of allylic oxidation sites excluding steroid dienone is 1. The van der Waals surface area contributed by atoms with Crippen LogP contribution in [0.1, 0.15) is 29.8 Å². The Labute approximate surface area is 203 Å². The first-order valence-corrected chi connectivity index (χ1v) is 12.8. The highest BCUT2D eigenvalue weighted by molar-refractivity contribution is 7.90. The summed E-state index contributed by atoms with van der Waals surface area (Å²) >= 11 is 0. The molecule has 0 fully saturated rings. The number of para-hydroxylation sites is 1. The van der Waals surface area contributed by atoms with Crippen LogP contribution in [0.4, 0.5) is 10.5 Å². The van der Waals surface area contributed by atoms with Crippen molar-refractivity contribution in [2.45, 2.75) is 31.0 Å². The van der Waals surface area contributed by atoms with Crippen LogP contribution in [0.5, 0.6) is 0 Å². The fourth-order valence-electron chi connectivity index (χ4n) is 3.56. The van der Waals surface area contributed by atoms with Crippen LogP contribution >= 0.6 is 0 Å². The van der Waals surface area contributed by atoms with Gasteiger partial charge in [-0.25, -0.2) is 18.2 Å². The molecule has 0 spiro atoms. The van der Waals surface area contributed by atoms with E-state index in [0.29, 0.717) is 28.3 Å². The number of hydrogen-bond acceptors (Lipinski definition) is 7. The second-order valence-electron chi connectivity index (χ2n) is 8.41. The summed E-state index contributed by atoms with van der Waals surface area (Å²) in [4.78, 5) is 25.3. The number of fused-ring (bicyclic) bond motifs is 1. The summed E-state index contributed by atoms with van der Waals surface area (Å²) in [7, 11) is -3.34. The fourth-order valence-corrected chi connectivity index (χ4v) is 4.22. The smallest absolute Gasteiger partial charge is 0.324 e. The number of amides is 3. The Hall–Kier alpha value is -4.12. The molecule has 0 saturated heterocycles. The van der Waals surface area contributed by atoms with Gasteiger partial charge in [0.2, 0.25) is 0 Å². The summed E-state index contributed by atoms with van der Waals surface area (Å²) in [6, 6.07) is 12.7. The minimum absolute atomic E-state index is 0.0398. The molecule has 2 heterocycles. The molecule has 35 heavy (non-hydrogen) atoms. The third-order valence-electron chi connectivity index (χ3n) is 5.16. The number of carbonyl (C=O) groups is 2. The van der Waals surface area contributed by atoms with Gasteiger partial charge >= 0.3 is 6.03 Å². The van der Waals surface area contributed by atoms with Gasteiger partial charge in [-0.2, -0.15) is 5.10 Å². The predicted octanol–water partition coefficient (Wildman–Crippen LogP) is 2.35. The molecule has 10 nitrogen and oxygen atoms in total. The average Bonchev–Trinajstić information content (AvgIpc) is 3.19. The number of anilines is 1. The van der Waals surface area contributed by atoms with Crippen molar-refractivity contribution in [1.82, 2.24) is 21.0 Å². The molecule has 11 heteroatoms. The quantitative estimate of drug-likeness (QED) is 0.488. The number of rotatable bonds is 6. The Morgan fingerprint density at radius 2 is 1.86 bits per heavy atom. The van der Waals surface area contributed by atoms with E-state index in [2.05, 4.69) is 26.4 Å². The van der Waals surface area contributed by atoms with Gasteiger partial charge in [-0.1, -0.05) is 24.3 Å². The Morgan fingerprint density at radius 1 is 1.09 bits per heavy atom. The summed E-state index contributed by atoms with van der Waals surface area (Å²) < 4.78 is 23.8. The van der Waals surface area contributed by atoms with Gasteiger partial charge in [0.05, 0.1) is 28.1 Å². The topological polar surface area (TPSA) is 132 Å². The Morgan fingerprint density at radius 3 is 2.60 bits per heavy atom. The number of sulfone groups is 1. The Kier molecular flexibility index (Phi) is 6.61. The van der Waals surface area contributed by atoms with Gasteiger partial charge < -0.3 is 16.0 Å². The number of urea groups is 1. The van der Waals surface area contributed by atoms with E-state index in [1.807, 2.05) is 19.9 Å². The lowest BCUT2D eigenvalue weighted by Gasteiger charge is -2.22. The standard InChI is InChI=1S/C24H26N6O4S/c1-15(2)25-23(31)18-9-4-5-10-20(18)26-24(32)28-21-14-30-22(27-21)12-11-19(29-30)16-7-6-8-17(13-16)35(3,33)34/h4-15,22,27H,1-3H3,(H,25,31)(H2,26,28,32). The summed E-state index contributed by atoms with van der Waals surface area (Å²) in [6.45, 7) is 3.72. The summed E-state index contributed by atoms with van der Waals surface area (Å²) in [5.74, 6) is 0.134. The third-order valence-corrected chi connectivity index (χ3v) is 6.27. The molecule has 2 aliphatic rings. The van der Waals surface area contributed by atoms with Crippen molar-refractivity contribution in [3.05, 3.63) is 83.8 Å². The molecule has 2 aromatic carbocycles. The maximum Gasteiger partial charge on any atom is 0.324 e. The molecule has 1 unspecified atom stereocenters. The van der Waals surface area contributed by atoms with E-state index in [1.54, 1.807) is 59.7 Å². The zero-order chi connectivity index (χ0) is 25.2. The van der Waals surface area contributed by atoms with Crippen LogP contribution in [-0.2, 0) is 9.84 Å². The molecule has 0 aromatic heterocycles. The maximum absolute atomic E-state index is 12.6. The van der Waals surface area contributed by atoms with Crippen LogP contribution < -0.4 is 21.3 Å². The average molecular weight is 495 g/mol. The second kappa shape index (κ2) is 9.63. The van der Waals surface area contributed by atoms with E-state index >= 15 is 0 Å². The van der Waals surface area contributed by atoms with E-state index < -0.39 is 15.9 Å². The van der Waals surface area contributed by atoms with Crippen LogP contribution in [0.25, 0.3) is 0 Å². The molecule has 3 amide bonds. The van der Waals surface area contributed by atoms with Crippen molar-refractivity contribution in [1.29, 1.82) is 0 Å². The zero-order valence-corrected chi connectivity index (χ0v) is 20.3. The van der Waals surface area contributed by atoms with Gasteiger partial charge in [-0.3, -0.25) is 10.1 Å². The highest BCUT2D eigenvalue weighted by Gasteiger charge is 2.26. The van der Waals surface area contributed by atoms with Gasteiger partial charge in [0.15, 0.2) is 9.84 Å². The Balaban J connectivity index is 1.45. The number of nitrogens with one attached hydrogen (secondary N) is 4. The first-order valence-electron chi connectivity index (χ1n) is 10.9. The lowest BCUT2D eigenvalue weighted by molar-refractivity contribution is 0.0944. The van der Waals surface area contributed by atoms with E-state index in [-0.39, 0.29) is 23.0 Å². The number of benzene rings is 2. The largest absolute Gasteiger partial charge is 0.350 e. The lowest BCUT2D eigenvalue weighted by Crippen LogP contribution is -2.39. The molecule has 0 saturated carbocycles. The van der Waals surface area contributed by atoms with Crippen molar-refractivity contribution in [2.24, 2.45) is 5.10 Å². The molecular weight excluding hydrogens is 468 g/mol. The van der Waals surface area contributed by atoms with Crippen LogP contribution in [0.15, 0.2) is 82.7 Å². The number of carbonyl (C=O) groups excluding carboxylic acids is 2. The van der Waals surface area contributed by atoms with Crippen molar-refractivity contribution in [3.8, 4) is 0 Å². The molecule has 2 aliphatic heterocycles. The normalized spacial score (nSPS) is 16.7. The molecule has 4 N–H and O–H groups in total. The molecule has 4 rings (SSSR count). The molecule has 0 radical (unpaired) electrons. The molecule has 0 bridgehead atoms. The second-order valence-corrected chi connectivity index (χ2v) is 10.4. The first kappa shape index (κ1) is 24.0. The summed E-state index contributed by atoms with van der Waals surface area (Å²) in [5.41, 5.74) is 1.98. The van der Waals surface area contributed by atoms with Gasteiger partial charge in [-0.05, 0) is 50.3 Å². The number of nitrogens with zero attached hydrogens (tertiary/aromatic N) is 2. The first-order chi connectivity index (χ1) is 16.6. The van der Waals surface area contributed by atoms with Crippen LogP contribution in [-0.4, -0.2) is 49.5 Å². The SMILES string of the molecule is CC(C)NC(=O)c1ccccc1NC(=O)NC1=CN2N=C(c3cccc(S(C)(=O)=O)c3)C=CC2N1. The van der Waals surface area contributed by atoms with Crippen molar-refractivity contribution in [3.63, 3.8) is 0 Å². The molecular formula is C24H26N6O4S. The highest BCUT2D eigenvalue weighted by atomic mass is 32.2. The van der Waals surface area contributed by atoms with Crippen molar-refractivity contribution < 1.29 is 18.0 Å². The predicted molar refractivity (Wildman–Crippen MR) is 133 cm³/mol. The molecule has 2 aromatic rings. The van der Waals surface area contributed by atoms with Gasteiger partial charge in [-0.15, -0.1) is 0 Å². The fraction of sp³-hybridized carbons (Fsp3) is 0.208. The van der Waals surface area contributed by atoms with E-state index in [9.17, 15) is 18.0 Å². The number of hydrazone groups is 1. The van der Waals surface area contributed by atoms with Crippen LogP contribution in [0, 0.1) is 0 Å². The lowest BCUT2D eigenvalue weighted by atomic mass is 10.1. The van der Waals surface area contributed by atoms with Crippen LogP contribution in [0.3, 0.4) is 0 Å². The molecule has 182 valence electrons. The van der Waals surface area contributed by atoms with Gasteiger partial charge in [0.25, 0.3) is 5.91 Å². The van der Waals surface area contributed by atoms with Crippen molar-refractivity contribution in [2.75, 3.05) is 11.6 Å². The van der Waals surface area contributed by atoms with E-state index in [4.69, 9.17) is 0 Å². The highest BCUT2D eigenvalue weighted by Crippen LogP contribution is 2.20. The molecule has 0 aliphatic carbocycles. The zero-order valence-electron chi connectivity index (χ0n) is 19.4. The minimum atomic E-state index is -3.34. The van der Waals surface area contributed by atoms with Crippen LogP contribution in [0.2, 0.25) is 0 Å². The van der Waals surface area contributed by atoms with Crippen molar-refractivity contribution >= 4 is 33.2 Å². The van der Waals surface area contributed by atoms with Gasteiger partial charge in [0, 0.05) is 17.9 Å². The molecule has 1 atom stereocenters. The van der Waals surface area contributed by atoms with E-state index in [1.165, 1.54) is 6.07 Å². The minimum Gasteiger partial charge on any atom is -0.350 e. The van der Waals surface area contributed by atoms with Gasteiger partial charge in [0.1, 0.15) is 12.0 Å². The monoisotopic (exact) mass is 494 g/mol.